The molecule has 146 valence electrons. The van der Waals surface area contributed by atoms with Crippen LogP contribution in [0.4, 0.5) is 22.2 Å². The third kappa shape index (κ3) is 3.13. The van der Waals surface area contributed by atoms with Crippen LogP contribution in [0.1, 0.15) is 11.1 Å². The van der Waals surface area contributed by atoms with Crippen LogP contribution < -0.4 is 14.7 Å². The van der Waals surface area contributed by atoms with E-state index >= 15 is 0 Å². The third-order valence-electron chi connectivity index (χ3n) is 5.54. The Morgan fingerprint density at radius 2 is 1.86 bits per heavy atom. The first-order chi connectivity index (χ1) is 13.8. The molecule has 3 aliphatic rings. The van der Waals surface area contributed by atoms with Gasteiger partial charge in [-0.25, -0.2) is 9.78 Å². The van der Waals surface area contributed by atoms with Crippen LogP contribution in [0.5, 0.6) is 0 Å². The summed E-state index contributed by atoms with van der Waals surface area (Å²) in [6, 6.07) is 8.14. The molecule has 0 unspecified atom stereocenters. The van der Waals surface area contributed by atoms with Gasteiger partial charge in [-0.05, 0) is 29.7 Å². The minimum atomic E-state index is -0.248. The number of amides is 1. The molecule has 0 N–H and O–H groups in total. The fourth-order valence-corrected chi connectivity index (χ4v) is 4.08. The predicted molar refractivity (Wildman–Crippen MR) is 105 cm³/mol. The van der Waals surface area contributed by atoms with Crippen molar-refractivity contribution in [2.45, 2.75) is 13.0 Å². The van der Waals surface area contributed by atoms with Gasteiger partial charge in [0.05, 0.1) is 25.4 Å². The molecule has 1 amide bonds. The molecule has 8 nitrogen and oxygen atoms in total. The zero-order chi connectivity index (χ0) is 18.9. The standard InChI is InChI=1S/C20H23N5O3/c26-20-25(10-13-28-20)17-3-1-2-15-14-24(7-5-16(15)17)18-4-6-21-19(22-18)23-8-11-27-12-9-23/h1-4,6H,5,7-14H2. The van der Waals surface area contributed by atoms with Gasteiger partial charge in [0.15, 0.2) is 0 Å². The maximum absolute atomic E-state index is 12.0. The summed E-state index contributed by atoms with van der Waals surface area (Å²) >= 11 is 0. The number of nitrogens with zero attached hydrogens (tertiary/aromatic N) is 5. The lowest BCUT2D eigenvalue weighted by atomic mass is 9.97. The van der Waals surface area contributed by atoms with Crippen molar-refractivity contribution in [3.8, 4) is 0 Å². The maximum atomic E-state index is 12.0. The topological polar surface area (TPSA) is 71.0 Å². The quantitative estimate of drug-likeness (QED) is 0.803. The first-order valence-electron chi connectivity index (χ1n) is 9.75. The molecule has 0 spiro atoms. The second-order valence-corrected chi connectivity index (χ2v) is 7.17. The number of carbonyl (C=O) groups is 1. The van der Waals surface area contributed by atoms with Crippen LogP contribution in [0, 0.1) is 0 Å². The molecule has 1 aromatic carbocycles. The van der Waals surface area contributed by atoms with Crippen LogP contribution in [0.3, 0.4) is 0 Å². The molecular formula is C20H23N5O3. The van der Waals surface area contributed by atoms with E-state index in [4.69, 9.17) is 14.5 Å². The minimum absolute atomic E-state index is 0.248. The van der Waals surface area contributed by atoms with Crippen LogP contribution in [-0.2, 0) is 22.4 Å². The highest BCUT2D eigenvalue weighted by atomic mass is 16.6. The van der Waals surface area contributed by atoms with E-state index in [1.807, 2.05) is 24.4 Å². The predicted octanol–water partition coefficient (Wildman–Crippen LogP) is 1.83. The lowest BCUT2D eigenvalue weighted by Crippen LogP contribution is -2.38. The molecule has 2 fully saturated rings. The Bertz CT molecular complexity index is 884. The van der Waals surface area contributed by atoms with Crippen molar-refractivity contribution in [1.82, 2.24) is 9.97 Å². The van der Waals surface area contributed by atoms with Gasteiger partial charge < -0.3 is 19.3 Å². The highest BCUT2D eigenvalue weighted by Gasteiger charge is 2.29. The van der Waals surface area contributed by atoms with Crippen molar-refractivity contribution < 1.29 is 14.3 Å². The summed E-state index contributed by atoms with van der Waals surface area (Å²) in [5.41, 5.74) is 3.45. The fourth-order valence-electron chi connectivity index (χ4n) is 4.08. The van der Waals surface area contributed by atoms with Crippen LogP contribution in [-0.4, -0.2) is 62.1 Å². The molecule has 2 aromatic rings. The molecule has 5 rings (SSSR count). The van der Waals surface area contributed by atoms with Gasteiger partial charge in [-0.15, -0.1) is 0 Å². The van der Waals surface area contributed by atoms with Gasteiger partial charge in [-0.3, -0.25) is 4.90 Å². The highest BCUT2D eigenvalue weighted by Crippen LogP contribution is 2.32. The monoisotopic (exact) mass is 381 g/mol. The lowest BCUT2D eigenvalue weighted by molar-refractivity contribution is 0.122. The summed E-state index contributed by atoms with van der Waals surface area (Å²) in [5, 5.41) is 0. The van der Waals surface area contributed by atoms with E-state index in [1.165, 1.54) is 11.1 Å². The Morgan fingerprint density at radius 3 is 2.68 bits per heavy atom. The van der Waals surface area contributed by atoms with E-state index in [-0.39, 0.29) is 6.09 Å². The first kappa shape index (κ1) is 17.2. The summed E-state index contributed by atoms with van der Waals surface area (Å²) in [5.74, 6) is 1.70. The van der Waals surface area contributed by atoms with Gasteiger partial charge in [-0.1, -0.05) is 12.1 Å². The van der Waals surface area contributed by atoms with Crippen LogP contribution >= 0.6 is 0 Å². The van der Waals surface area contributed by atoms with E-state index in [9.17, 15) is 4.79 Å². The summed E-state index contributed by atoms with van der Waals surface area (Å²) in [6.07, 6.45) is 2.45. The summed E-state index contributed by atoms with van der Waals surface area (Å²) in [6.45, 7) is 5.77. The van der Waals surface area contributed by atoms with Gasteiger partial charge in [0.25, 0.3) is 0 Å². The third-order valence-corrected chi connectivity index (χ3v) is 5.54. The number of fused-ring (bicyclic) bond motifs is 1. The average molecular weight is 381 g/mol. The molecule has 3 aliphatic heterocycles. The normalized spacial score (nSPS) is 19.6. The Morgan fingerprint density at radius 1 is 0.964 bits per heavy atom. The van der Waals surface area contributed by atoms with Crippen molar-refractivity contribution in [3.05, 3.63) is 41.6 Å². The Balaban J connectivity index is 1.38. The maximum Gasteiger partial charge on any atom is 0.414 e. The van der Waals surface area contributed by atoms with Crippen molar-refractivity contribution >= 4 is 23.5 Å². The van der Waals surface area contributed by atoms with E-state index in [1.54, 1.807) is 4.90 Å². The van der Waals surface area contributed by atoms with E-state index in [0.717, 1.165) is 50.1 Å². The second-order valence-electron chi connectivity index (χ2n) is 7.17. The Labute approximate surface area is 163 Å². The van der Waals surface area contributed by atoms with Crippen molar-refractivity contribution in [2.24, 2.45) is 0 Å². The summed E-state index contributed by atoms with van der Waals surface area (Å²) < 4.78 is 10.5. The zero-order valence-electron chi connectivity index (χ0n) is 15.7. The first-order valence-corrected chi connectivity index (χ1v) is 9.75. The fraction of sp³-hybridized carbons (Fsp3) is 0.450. The van der Waals surface area contributed by atoms with Crippen LogP contribution in [0.15, 0.2) is 30.5 Å². The van der Waals surface area contributed by atoms with Crippen molar-refractivity contribution in [3.63, 3.8) is 0 Å². The molecule has 0 atom stereocenters. The highest BCUT2D eigenvalue weighted by molar-refractivity contribution is 5.90. The molecule has 8 heteroatoms. The smallest absolute Gasteiger partial charge is 0.414 e. The zero-order valence-corrected chi connectivity index (χ0v) is 15.7. The van der Waals surface area contributed by atoms with Crippen molar-refractivity contribution in [1.29, 1.82) is 0 Å². The second kappa shape index (κ2) is 7.27. The van der Waals surface area contributed by atoms with E-state index < -0.39 is 0 Å². The number of benzene rings is 1. The molecule has 2 saturated heterocycles. The van der Waals surface area contributed by atoms with Gasteiger partial charge in [0.2, 0.25) is 5.95 Å². The average Bonchev–Trinajstić information content (AvgIpc) is 3.19. The number of anilines is 3. The molecule has 1 aromatic heterocycles. The SMILES string of the molecule is O=C1OCCN1c1cccc2c1CCN(c1ccnc(N3CCOCC3)n1)C2. The number of carbonyl (C=O) groups excluding carboxylic acids is 1. The number of hydrogen-bond donors (Lipinski definition) is 0. The Kier molecular flexibility index (Phi) is 4.48. The summed E-state index contributed by atoms with van der Waals surface area (Å²) in [7, 11) is 0. The molecule has 28 heavy (non-hydrogen) atoms. The molecule has 0 aliphatic carbocycles. The minimum Gasteiger partial charge on any atom is -0.447 e. The summed E-state index contributed by atoms with van der Waals surface area (Å²) in [4.78, 5) is 27.4. The Hall–Kier alpha value is -2.87. The largest absolute Gasteiger partial charge is 0.447 e. The van der Waals surface area contributed by atoms with Gasteiger partial charge in [0, 0.05) is 32.4 Å². The van der Waals surface area contributed by atoms with Crippen LogP contribution in [0.2, 0.25) is 0 Å². The number of morpholine rings is 1. The van der Waals surface area contributed by atoms with Gasteiger partial charge in [0.1, 0.15) is 12.4 Å². The molecule has 0 radical (unpaired) electrons. The van der Waals surface area contributed by atoms with Gasteiger partial charge in [-0.2, -0.15) is 4.98 Å². The molecule has 0 saturated carbocycles. The molecular weight excluding hydrogens is 358 g/mol. The number of aromatic nitrogens is 2. The molecule has 4 heterocycles. The number of rotatable bonds is 3. The van der Waals surface area contributed by atoms with Crippen molar-refractivity contribution in [2.75, 3.05) is 60.7 Å². The van der Waals surface area contributed by atoms with Crippen LogP contribution in [0.25, 0.3) is 0 Å². The van der Waals surface area contributed by atoms with Gasteiger partial charge >= 0.3 is 6.09 Å². The van der Waals surface area contributed by atoms with E-state index in [0.29, 0.717) is 26.4 Å². The van der Waals surface area contributed by atoms with E-state index in [2.05, 4.69) is 20.9 Å². The number of ether oxygens (including phenoxy) is 2. The number of cyclic esters (lactones) is 1. The molecule has 0 bridgehead atoms. The number of hydrogen-bond acceptors (Lipinski definition) is 7. The lowest BCUT2D eigenvalue weighted by Gasteiger charge is -2.33.